The van der Waals surface area contributed by atoms with Gasteiger partial charge in [-0.1, -0.05) is 0 Å². The first-order chi connectivity index (χ1) is 8.16. The van der Waals surface area contributed by atoms with Crippen LogP contribution in [0.5, 0.6) is 0 Å². The number of hydrogen-bond acceptors (Lipinski definition) is 3. The van der Waals surface area contributed by atoms with E-state index in [-0.39, 0.29) is 17.6 Å². The molecular formula is C12H15FN2O2. The Morgan fingerprint density at radius 2 is 2.12 bits per heavy atom. The van der Waals surface area contributed by atoms with Gasteiger partial charge in [-0.3, -0.25) is 4.79 Å². The van der Waals surface area contributed by atoms with Gasteiger partial charge in [0.1, 0.15) is 5.82 Å². The van der Waals surface area contributed by atoms with Crippen molar-refractivity contribution >= 4 is 11.6 Å². The predicted octanol–water partition coefficient (Wildman–Crippen LogP) is 1.32. The molecule has 0 atom stereocenters. The standard InChI is InChI=1S/C12H15FN2O2/c13-10-2-1-8(7-11(10)14)12(16)15-9-3-5-17-6-4-9/h1-2,7,9H,3-6,14H2,(H,15,16). The second-order valence-electron chi connectivity index (χ2n) is 4.10. The van der Waals surface area contributed by atoms with Crippen molar-refractivity contribution in [3.8, 4) is 0 Å². The van der Waals surface area contributed by atoms with Crippen LogP contribution in [-0.2, 0) is 4.74 Å². The molecule has 0 unspecified atom stereocenters. The van der Waals surface area contributed by atoms with Crippen molar-refractivity contribution in [2.24, 2.45) is 0 Å². The fraction of sp³-hybridized carbons (Fsp3) is 0.417. The predicted molar refractivity (Wildman–Crippen MR) is 62.1 cm³/mol. The third-order valence-electron chi connectivity index (χ3n) is 2.81. The maximum absolute atomic E-state index is 12.9. The fourth-order valence-electron chi connectivity index (χ4n) is 1.80. The molecule has 3 N–H and O–H groups in total. The summed E-state index contributed by atoms with van der Waals surface area (Å²) in [5.74, 6) is -0.726. The van der Waals surface area contributed by atoms with Crippen LogP contribution in [0.4, 0.5) is 10.1 Å². The van der Waals surface area contributed by atoms with E-state index in [1.807, 2.05) is 0 Å². The summed E-state index contributed by atoms with van der Waals surface area (Å²) in [6.07, 6.45) is 1.62. The molecule has 0 radical (unpaired) electrons. The molecular weight excluding hydrogens is 223 g/mol. The molecule has 5 heteroatoms. The van der Waals surface area contributed by atoms with Crippen LogP contribution in [0.1, 0.15) is 23.2 Å². The number of nitrogen functional groups attached to an aromatic ring is 1. The Kier molecular flexibility index (Phi) is 3.58. The molecule has 1 fully saturated rings. The third-order valence-corrected chi connectivity index (χ3v) is 2.81. The van der Waals surface area contributed by atoms with Gasteiger partial charge in [0.15, 0.2) is 0 Å². The zero-order valence-corrected chi connectivity index (χ0v) is 9.41. The molecule has 1 aromatic rings. The number of amides is 1. The average Bonchev–Trinajstić information content (AvgIpc) is 2.34. The Labute approximate surface area is 98.9 Å². The van der Waals surface area contributed by atoms with E-state index >= 15 is 0 Å². The molecule has 0 saturated carbocycles. The van der Waals surface area contributed by atoms with E-state index in [4.69, 9.17) is 10.5 Å². The minimum Gasteiger partial charge on any atom is -0.396 e. The van der Waals surface area contributed by atoms with Gasteiger partial charge < -0.3 is 15.8 Å². The molecule has 0 aromatic heterocycles. The first-order valence-electron chi connectivity index (χ1n) is 5.60. The first-order valence-corrected chi connectivity index (χ1v) is 5.60. The zero-order chi connectivity index (χ0) is 12.3. The minimum absolute atomic E-state index is 0.00960. The molecule has 1 aromatic carbocycles. The smallest absolute Gasteiger partial charge is 0.251 e. The van der Waals surface area contributed by atoms with Crippen LogP contribution >= 0.6 is 0 Å². The lowest BCUT2D eigenvalue weighted by molar-refractivity contribution is 0.0696. The second-order valence-corrected chi connectivity index (χ2v) is 4.10. The first kappa shape index (κ1) is 11.9. The Morgan fingerprint density at radius 1 is 1.41 bits per heavy atom. The highest BCUT2D eigenvalue weighted by Crippen LogP contribution is 2.13. The summed E-state index contributed by atoms with van der Waals surface area (Å²) >= 11 is 0. The molecule has 0 spiro atoms. The highest BCUT2D eigenvalue weighted by molar-refractivity contribution is 5.95. The fourth-order valence-corrected chi connectivity index (χ4v) is 1.80. The maximum Gasteiger partial charge on any atom is 0.251 e. The summed E-state index contributed by atoms with van der Waals surface area (Å²) in [5, 5.41) is 2.88. The minimum atomic E-state index is -0.507. The van der Waals surface area contributed by atoms with E-state index in [1.165, 1.54) is 18.2 Å². The normalized spacial score (nSPS) is 16.8. The van der Waals surface area contributed by atoms with Crippen LogP contribution in [0.2, 0.25) is 0 Å². The van der Waals surface area contributed by atoms with Gasteiger partial charge in [-0.2, -0.15) is 0 Å². The van der Waals surface area contributed by atoms with Gasteiger partial charge in [-0.15, -0.1) is 0 Å². The SMILES string of the molecule is Nc1cc(C(=O)NC2CCOCC2)ccc1F. The zero-order valence-electron chi connectivity index (χ0n) is 9.41. The lowest BCUT2D eigenvalue weighted by atomic mass is 10.1. The molecule has 1 aliphatic rings. The van der Waals surface area contributed by atoms with Gasteiger partial charge in [0, 0.05) is 24.8 Å². The van der Waals surface area contributed by atoms with Crippen molar-refractivity contribution in [3.63, 3.8) is 0 Å². The van der Waals surface area contributed by atoms with Crippen molar-refractivity contribution in [1.29, 1.82) is 0 Å². The summed E-state index contributed by atoms with van der Waals surface area (Å²) in [5.41, 5.74) is 5.79. The average molecular weight is 238 g/mol. The van der Waals surface area contributed by atoms with E-state index in [0.717, 1.165) is 12.8 Å². The van der Waals surface area contributed by atoms with Crippen LogP contribution in [0.3, 0.4) is 0 Å². The van der Waals surface area contributed by atoms with E-state index in [9.17, 15) is 9.18 Å². The number of halogens is 1. The third kappa shape index (κ3) is 2.94. The summed E-state index contributed by atoms with van der Waals surface area (Å²) in [6.45, 7) is 1.33. The monoisotopic (exact) mass is 238 g/mol. The van der Waals surface area contributed by atoms with Gasteiger partial charge in [0.05, 0.1) is 5.69 Å². The number of hydrogen-bond donors (Lipinski definition) is 2. The van der Waals surface area contributed by atoms with E-state index in [2.05, 4.69) is 5.32 Å². The van der Waals surface area contributed by atoms with Crippen LogP contribution in [0.15, 0.2) is 18.2 Å². The van der Waals surface area contributed by atoms with Gasteiger partial charge >= 0.3 is 0 Å². The number of ether oxygens (including phenoxy) is 1. The summed E-state index contributed by atoms with van der Waals surface area (Å²) < 4.78 is 18.1. The Balaban J connectivity index is 2.01. The second kappa shape index (κ2) is 5.14. The number of carbonyl (C=O) groups is 1. The number of carbonyl (C=O) groups excluding carboxylic acids is 1. The molecule has 1 saturated heterocycles. The number of nitrogens with two attached hydrogens (primary N) is 1. The van der Waals surface area contributed by atoms with Gasteiger partial charge in [0.25, 0.3) is 5.91 Å². The van der Waals surface area contributed by atoms with Crippen molar-refractivity contribution in [3.05, 3.63) is 29.6 Å². The molecule has 1 heterocycles. The number of benzene rings is 1. The molecule has 17 heavy (non-hydrogen) atoms. The number of rotatable bonds is 2. The largest absolute Gasteiger partial charge is 0.396 e. The highest BCUT2D eigenvalue weighted by Gasteiger charge is 2.17. The number of anilines is 1. The van der Waals surface area contributed by atoms with E-state index in [0.29, 0.717) is 18.8 Å². The molecule has 92 valence electrons. The van der Waals surface area contributed by atoms with Crippen LogP contribution < -0.4 is 11.1 Å². The van der Waals surface area contributed by atoms with Gasteiger partial charge in [-0.05, 0) is 31.0 Å². The molecule has 0 aliphatic carbocycles. The topological polar surface area (TPSA) is 64.4 Å². The van der Waals surface area contributed by atoms with Crippen molar-refractivity contribution in [2.75, 3.05) is 18.9 Å². The Morgan fingerprint density at radius 3 is 2.76 bits per heavy atom. The van der Waals surface area contributed by atoms with E-state index < -0.39 is 5.82 Å². The van der Waals surface area contributed by atoms with Crippen molar-refractivity contribution in [1.82, 2.24) is 5.32 Å². The molecule has 4 nitrogen and oxygen atoms in total. The highest BCUT2D eigenvalue weighted by atomic mass is 19.1. The van der Waals surface area contributed by atoms with Crippen LogP contribution in [0, 0.1) is 5.82 Å². The Bertz CT molecular complexity index is 417. The lowest BCUT2D eigenvalue weighted by Gasteiger charge is -2.23. The van der Waals surface area contributed by atoms with E-state index in [1.54, 1.807) is 0 Å². The van der Waals surface area contributed by atoms with Crippen molar-refractivity contribution in [2.45, 2.75) is 18.9 Å². The van der Waals surface area contributed by atoms with Crippen molar-refractivity contribution < 1.29 is 13.9 Å². The molecule has 0 bridgehead atoms. The number of nitrogens with one attached hydrogen (secondary N) is 1. The summed E-state index contributed by atoms with van der Waals surface area (Å²) in [6, 6.07) is 4.11. The quantitative estimate of drug-likeness (QED) is 0.764. The van der Waals surface area contributed by atoms with Gasteiger partial charge in [-0.25, -0.2) is 4.39 Å². The summed E-state index contributed by atoms with van der Waals surface area (Å²) in [4.78, 5) is 11.8. The maximum atomic E-state index is 12.9. The van der Waals surface area contributed by atoms with Gasteiger partial charge in [0.2, 0.25) is 0 Å². The molecule has 1 amide bonds. The molecule has 1 aliphatic heterocycles. The molecule has 2 rings (SSSR count). The van der Waals surface area contributed by atoms with Crippen LogP contribution in [-0.4, -0.2) is 25.2 Å². The van der Waals surface area contributed by atoms with Crippen LogP contribution in [0.25, 0.3) is 0 Å². The summed E-state index contributed by atoms with van der Waals surface area (Å²) in [7, 11) is 0. The lowest BCUT2D eigenvalue weighted by Crippen LogP contribution is -2.38. The Hall–Kier alpha value is -1.62.